The number of ether oxygens (including phenoxy) is 1. The SMILES string of the molecule is CCCOc1ccc(Cl)cc1S(=O)(=O)n1cccn1. The number of rotatable bonds is 5. The van der Waals surface area contributed by atoms with Gasteiger partial charge in [-0.1, -0.05) is 18.5 Å². The molecule has 0 saturated heterocycles. The van der Waals surface area contributed by atoms with E-state index in [1.807, 2.05) is 6.92 Å². The highest BCUT2D eigenvalue weighted by Crippen LogP contribution is 2.28. The molecule has 0 unspecified atom stereocenters. The van der Waals surface area contributed by atoms with E-state index in [1.165, 1.54) is 24.5 Å². The van der Waals surface area contributed by atoms with E-state index in [9.17, 15) is 8.42 Å². The average Bonchev–Trinajstić information content (AvgIpc) is 2.91. The third-order valence-corrected chi connectivity index (χ3v) is 4.19. The van der Waals surface area contributed by atoms with Gasteiger partial charge < -0.3 is 4.74 Å². The van der Waals surface area contributed by atoms with Crippen LogP contribution in [0.15, 0.2) is 41.6 Å². The van der Waals surface area contributed by atoms with Crippen molar-refractivity contribution < 1.29 is 13.2 Å². The third-order valence-electron chi connectivity index (χ3n) is 2.37. The Morgan fingerprint density at radius 3 is 2.84 bits per heavy atom. The van der Waals surface area contributed by atoms with Crippen LogP contribution in [-0.4, -0.2) is 24.2 Å². The first-order chi connectivity index (χ1) is 9.05. The van der Waals surface area contributed by atoms with Crippen molar-refractivity contribution in [2.24, 2.45) is 0 Å². The zero-order valence-corrected chi connectivity index (χ0v) is 11.9. The minimum atomic E-state index is -3.78. The number of nitrogens with zero attached hydrogens (tertiary/aromatic N) is 2. The predicted molar refractivity (Wildman–Crippen MR) is 72.0 cm³/mol. The number of benzene rings is 1. The summed E-state index contributed by atoms with van der Waals surface area (Å²) in [5, 5.41) is 4.07. The van der Waals surface area contributed by atoms with Gasteiger partial charge in [0.15, 0.2) is 0 Å². The normalized spacial score (nSPS) is 11.5. The maximum absolute atomic E-state index is 12.4. The van der Waals surface area contributed by atoms with Gasteiger partial charge in [-0.05, 0) is 30.7 Å². The van der Waals surface area contributed by atoms with Crippen LogP contribution in [0, 0.1) is 0 Å². The molecule has 5 nitrogen and oxygen atoms in total. The van der Waals surface area contributed by atoms with Crippen molar-refractivity contribution in [1.29, 1.82) is 0 Å². The van der Waals surface area contributed by atoms with Crippen molar-refractivity contribution in [3.63, 3.8) is 0 Å². The lowest BCUT2D eigenvalue weighted by Crippen LogP contribution is -2.15. The first kappa shape index (κ1) is 13.9. The van der Waals surface area contributed by atoms with Crippen LogP contribution in [0.2, 0.25) is 5.02 Å². The Balaban J connectivity index is 2.51. The van der Waals surface area contributed by atoms with Gasteiger partial charge in [0.25, 0.3) is 10.0 Å². The van der Waals surface area contributed by atoms with Gasteiger partial charge in [0.1, 0.15) is 10.6 Å². The first-order valence-corrected chi connectivity index (χ1v) is 7.55. The van der Waals surface area contributed by atoms with Crippen molar-refractivity contribution in [2.75, 3.05) is 6.61 Å². The molecule has 0 aliphatic rings. The zero-order valence-electron chi connectivity index (χ0n) is 10.3. The summed E-state index contributed by atoms with van der Waals surface area (Å²) in [4.78, 5) is 0.0113. The quantitative estimate of drug-likeness (QED) is 0.851. The Bertz CT molecular complexity index is 654. The monoisotopic (exact) mass is 300 g/mol. The summed E-state index contributed by atoms with van der Waals surface area (Å²) < 4.78 is 31.1. The summed E-state index contributed by atoms with van der Waals surface area (Å²) in [5.41, 5.74) is 0. The fraction of sp³-hybridized carbons (Fsp3) is 0.250. The molecule has 0 bridgehead atoms. The molecule has 2 aromatic rings. The molecule has 0 N–H and O–H groups in total. The summed E-state index contributed by atoms with van der Waals surface area (Å²) in [6.07, 6.45) is 3.54. The highest BCUT2D eigenvalue weighted by Gasteiger charge is 2.22. The maximum Gasteiger partial charge on any atom is 0.286 e. The van der Waals surface area contributed by atoms with Crippen molar-refractivity contribution in [2.45, 2.75) is 18.2 Å². The molecule has 0 spiro atoms. The fourth-order valence-corrected chi connectivity index (χ4v) is 3.02. The van der Waals surface area contributed by atoms with Crippen LogP contribution in [0.5, 0.6) is 5.75 Å². The molecule has 7 heteroatoms. The van der Waals surface area contributed by atoms with Crippen LogP contribution in [0.4, 0.5) is 0 Å². The van der Waals surface area contributed by atoms with E-state index in [2.05, 4.69) is 5.10 Å². The van der Waals surface area contributed by atoms with Crippen LogP contribution in [0.25, 0.3) is 0 Å². The Morgan fingerprint density at radius 1 is 1.42 bits per heavy atom. The lowest BCUT2D eigenvalue weighted by Gasteiger charge is -2.11. The number of aromatic nitrogens is 2. The van der Waals surface area contributed by atoms with Gasteiger partial charge in [-0.15, -0.1) is 0 Å². The molecule has 0 amide bonds. The molecule has 1 aromatic heterocycles. The number of hydrogen-bond donors (Lipinski definition) is 0. The molecule has 2 rings (SSSR count). The van der Waals surface area contributed by atoms with Crippen molar-refractivity contribution >= 4 is 21.6 Å². The average molecular weight is 301 g/mol. The highest BCUT2D eigenvalue weighted by molar-refractivity contribution is 7.90. The van der Waals surface area contributed by atoms with Gasteiger partial charge in [0.2, 0.25) is 0 Å². The van der Waals surface area contributed by atoms with E-state index in [1.54, 1.807) is 12.1 Å². The van der Waals surface area contributed by atoms with Gasteiger partial charge in [0.05, 0.1) is 12.8 Å². The predicted octanol–water partition coefficient (Wildman–Crippen LogP) is 2.56. The summed E-state index contributed by atoms with van der Waals surface area (Å²) in [7, 11) is -3.78. The van der Waals surface area contributed by atoms with Crippen LogP contribution >= 0.6 is 11.6 Å². The molecule has 0 radical (unpaired) electrons. The molecule has 1 aromatic carbocycles. The summed E-state index contributed by atoms with van der Waals surface area (Å²) >= 11 is 5.87. The molecular formula is C12H13ClN2O3S. The van der Waals surface area contributed by atoms with Gasteiger partial charge in [-0.3, -0.25) is 0 Å². The van der Waals surface area contributed by atoms with Crippen molar-refractivity contribution in [3.05, 3.63) is 41.7 Å². The van der Waals surface area contributed by atoms with E-state index < -0.39 is 10.0 Å². The summed E-state index contributed by atoms with van der Waals surface area (Å²) in [6.45, 7) is 2.38. The molecule has 19 heavy (non-hydrogen) atoms. The molecular weight excluding hydrogens is 288 g/mol. The van der Waals surface area contributed by atoms with Crippen LogP contribution in [0.3, 0.4) is 0 Å². The second-order valence-corrected chi connectivity index (χ2v) is 6.02. The van der Waals surface area contributed by atoms with Crippen LogP contribution < -0.4 is 4.74 Å². The topological polar surface area (TPSA) is 61.2 Å². The van der Waals surface area contributed by atoms with E-state index in [4.69, 9.17) is 16.3 Å². The lowest BCUT2D eigenvalue weighted by atomic mass is 10.3. The maximum atomic E-state index is 12.4. The van der Waals surface area contributed by atoms with E-state index in [0.29, 0.717) is 11.6 Å². The third kappa shape index (κ3) is 2.90. The Hall–Kier alpha value is -1.53. The summed E-state index contributed by atoms with van der Waals surface area (Å²) in [5.74, 6) is 0.279. The molecule has 0 aliphatic heterocycles. The second-order valence-electron chi connectivity index (χ2n) is 3.82. The highest BCUT2D eigenvalue weighted by atomic mass is 35.5. The van der Waals surface area contributed by atoms with Crippen molar-refractivity contribution in [1.82, 2.24) is 9.19 Å². The van der Waals surface area contributed by atoms with E-state index in [-0.39, 0.29) is 10.6 Å². The zero-order chi connectivity index (χ0) is 13.9. The number of hydrogen-bond acceptors (Lipinski definition) is 4. The molecule has 0 aliphatic carbocycles. The minimum Gasteiger partial charge on any atom is -0.492 e. The van der Waals surface area contributed by atoms with Gasteiger partial charge in [-0.2, -0.15) is 17.6 Å². The van der Waals surface area contributed by atoms with Crippen LogP contribution in [0.1, 0.15) is 13.3 Å². The van der Waals surface area contributed by atoms with Crippen molar-refractivity contribution in [3.8, 4) is 5.75 Å². The molecule has 1 heterocycles. The largest absolute Gasteiger partial charge is 0.492 e. The molecule has 0 fully saturated rings. The Kier molecular flexibility index (Phi) is 4.11. The van der Waals surface area contributed by atoms with Gasteiger partial charge in [0, 0.05) is 11.2 Å². The fourth-order valence-electron chi connectivity index (χ4n) is 1.51. The Labute approximate surface area is 116 Å². The Morgan fingerprint density at radius 2 is 2.21 bits per heavy atom. The molecule has 0 saturated carbocycles. The standard InChI is InChI=1S/C12H13ClN2O3S/c1-2-8-18-11-5-4-10(13)9-12(11)19(16,17)15-7-3-6-14-15/h3-7,9H,2,8H2,1H3. The van der Waals surface area contributed by atoms with Crippen LogP contribution in [-0.2, 0) is 10.0 Å². The summed E-state index contributed by atoms with van der Waals surface area (Å²) in [6, 6.07) is 6.04. The first-order valence-electron chi connectivity index (χ1n) is 5.73. The lowest BCUT2D eigenvalue weighted by molar-refractivity contribution is 0.309. The van der Waals surface area contributed by atoms with E-state index >= 15 is 0 Å². The number of halogens is 1. The van der Waals surface area contributed by atoms with E-state index in [0.717, 1.165) is 10.5 Å². The van der Waals surface area contributed by atoms with Gasteiger partial charge >= 0.3 is 0 Å². The smallest absolute Gasteiger partial charge is 0.286 e. The minimum absolute atomic E-state index is 0.0113. The molecule has 102 valence electrons. The molecule has 0 atom stereocenters. The van der Waals surface area contributed by atoms with Gasteiger partial charge in [-0.25, -0.2) is 0 Å². The second kappa shape index (κ2) is 5.63.